The smallest absolute Gasteiger partial charge is 0.148 e. The number of rotatable bonds is 8. The van der Waals surface area contributed by atoms with Crippen molar-refractivity contribution in [3.63, 3.8) is 0 Å². The number of aromatic hydroxyl groups is 1. The molecule has 8 aromatic carbocycles. The minimum Gasteiger partial charge on any atom is -0.507 e. The number of benzene rings is 8. The number of hydrogen-bond donors (Lipinski definition) is 1. The van der Waals surface area contributed by atoms with E-state index in [0.717, 1.165) is 72.4 Å². The van der Waals surface area contributed by atoms with E-state index in [-0.39, 0.29) is 43.2 Å². The molecule has 0 saturated heterocycles. The van der Waals surface area contributed by atoms with E-state index in [1.165, 1.54) is 5.56 Å². The standard InChI is InChI=1S/C63H54N3O.Pt/c1-41-35-58(55(45-19-12-9-13-20-45)40-54(41)46-29-31-50(32-30-46)62(2,3)4)66-57-23-16-22-52(60(57)65-61(66)53-21-14-15-24-59(53)67)48-36-49(38-51(37-48)63(5,6)7)56-39-47(33-34-64-56)44-27-25-43(26-28-44)42-17-10-8-11-18-42;/h8-35,37-40,67H,1-7H3;/q-1;/i1D3;. The van der Waals surface area contributed by atoms with Crippen LogP contribution in [0.5, 0.6) is 5.75 Å². The molecule has 1 N–H and O–H groups in total. The number of aromatic nitrogens is 3. The number of aryl methyl sites for hydroxylation is 1. The molecule has 10 aromatic rings. The van der Waals surface area contributed by atoms with E-state index in [1.54, 1.807) is 18.2 Å². The van der Waals surface area contributed by atoms with Crippen LogP contribution in [-0.2, 0) is 31.9 Å². The van der Waals surface area contributed by atoms with Crippen molar-refractivity contribution in [3.05, 3.63) is 217 Å². The summed E-state index contributed by atoms with van der Waals surface area (Å²) in [6, 6.07) is 66.7. The van der Waals surface area contributed by atoms with Crippen molar-refractivity contribution in [2.24, 2.45) is 0 Å². The number of hydrogen-bond acceptors (Lipinski definition) is 3. The average molecular weight is 1070 g/mol. The van der Waals surface area contributed by atoms with Crippen molar-refractivity contribution < 1.29 is 30.3 Å². The predicted octanol–water partition coefficient (Wildman–Crippen LogP) is 16.5. The largest absolute Gasteiger partial charge is 0.507 e. The van der Waals surface area contributed by atoms with Gasteiger partial charge in [-0.3, -0.25) is 9.55 Å². The van der Waals surface area contributed by atoms with Gasteiger partial charge < -0.3 is 5.11 Å². The third-order valence-corrected chi connectivity index (χ3v) is 12.7. The minimum absolute atomic E-state index is 0. The molecular formula is C63H54N3OPt-. The molecule has 4 nitrogen and oxygen atoms in total. The van der Waals surface area contributed by atoms with Crippen LogP contribution in [0.3, 0.4) is 0 Å². The van der Waals surface area contributed by atoms with Crippen molar-refractivity contribution in [1.82, 2.24) is 14.5 Å². The van der Waals surface area contributed by atoms with Crippen LogP contribution in [0.1, 0.15) is 62.3 Å². The monoisotopic (exact) mass is 1070 g/mol. The maximum atomic E-state index is 11.6. The molecule has 2 heterocycles. The van der Waals surface area contributed by atoms with Crippen LogP contribution in [0.2, 0.25) is 0 Å². The Morgan fingerprint density at radius 2 is 1.07 bits per heavy atom. The zero-order chi connectivity index (χ0) is 49.0. The summed E-state index contributed by atoms with van der Waals surface area (Å²) in [6.07, 6.45) is 1.86. The molecule has 0 aliphatic carbocycles. The van der Waals surface area contributed by atoms with Gasteiger partial charge in [0.05, 0.1) is 22.3 Å². The summed E-state index contributed by atoms with van der Waals surface area (Å²) in [5, 5.41) is 11.6. The SMILES string of the molecule is [2H]C([2H])([2H])c1cc(-n2c(-c3ccccc3O)nc3c(-c4[c-]c(-c5cc(-c6ccc(-c7ccccc7)cc6)ccn5)cc(C(C)(C)C)c4)cccc32)c(-c2ccccc2)cc1-c1ccc(C(C)(C)C)cc1.[Pt]. The van der Waals surface area contributed by atoms with Gasteiger partial charge in [0.25, 0.3) is 0 Å². The van der Waals surface area contributed by atoms with Gasteiger partial charge in [-0.05, 0) is 104 Å². The zero-order valence-electron chi connectivity index (χ0n) is 42.1. The van der Waals surface area contributed by atoms with Crippen LogP contribution in [0.25, 0.3) is 95.0 Å². The summed E-state index contributed by atoms with van der Waals surface area (Å²) in [5.74, 6) is 0.522. The molecule has 0 atom stereocenters. The van der Waals surface area contributed by atoms with E-state index in [9.17, 15) is 5.11 Å². The Bertz CT molecular complexity index is 3530. The summed E-state index contributed by atoms with van der Waals surface area (Å²) >= 11 is 0. The van der Waals surface area contributed by atoms with Gasteiger partial charge in [-0.2, -0.15) is 0 Å². The van der Waals surface area contributed by atoms with Crippen LogP contribution in [0, 0.1) is 12.9 Å². The Morgan fingerprint density at radius 3 is 1.74 bits per heavy atom. The molecular weight excluding hydrogens is 1010 g/mol. The van der Waals surface area contributed by atoms with Gasteiger partial charge >= 0.3 is 0 Å². The maximum Gasteiger partial charge on any atom is 0.148 e. The predicted molar refractivity (Wildman–Crippen MR) is 280 cm³/mol. The second-order valence-electron chi connectivity index (χ2n) is 19.4. The molecule has 10 rings (SSSR count). The number of nitrogens with zero attached hydrogens (tertiary/aromatic N) is 3. The number of phenolic OH excluding ortho intramolecular Hbond substituents is 1. The molecule has 5 heteroatoms. The quantitative estimate of drug-likeness (QED) is 0.154. The summed E-state index contributed by atoms with van der Waals surface area (Å²) < 4.78 is 29.0. The Morgan fingerprint density at radius 1 is 0.500 bits per heavy atom. The summed E-state index contributed by atoms with van der Waals surface area (Å²) in [6.45, 7) is 10.6. The van der Waals surface area contributed by atoms with E-state index < -0.39 is 6.85 Å². The van der Waals surface area contributed by atoms with E-state index in [0.29, 0.717) is 28.2 Å². The van der Waals surface area contributed by atoms with Crippen molar-refractivity contribution in [2.75, 3.05) is 0 Å². The van der Waals surface area contributed by atoms with Gasteiger partial charge in [-0.1, -0.05) is 192 Å². The average Bonchev–Trinajstić information content (AvgIpc) is 3.75. The summed E-state index contributed by atoms with van der Waals surface area (Å²) in [7, 11) is 0. The molecule has 0 radical (unpaired) electrons. The van der Waals surface area contributed by atoms with Crippen molar-refractivity contribution in [2.45, 2.75) is 59.2 Å². The molecule has 0 aliphatic heterocycles. The fraction of sp³-hybridized carbons (Fsp3) is 0.143. The van der Waals surface area contributed by atoms with E-state index in [4.69, 9.17) is 14.1 Å². The summed E-state index contributed by atoms with van der Waals surface area (Å²) in [4.78, 5) is 10.4. The zero-order valence-corrected chi connectivity index (χ0v) is 41.4. The Balaban J connectivity index is 0.00000624. The molecule has 338 valence electrons. The van der Waals surface area contributed by atoms with Gasteiger partial charge in [-0.15, -0.1) is 29.3 Å². The molecule has 0 unspecified atom stereocenters. The molecule has 2 aromatic heterocycles. The van der Waals surface area contributed by atoms with Crippen LogP contribution < -0.4 is 0 Å². The number of para-hydroxylation sites is 2. The van der Waals surface area contributed by atoms with Gasteiger partial charge in [0, 0.05) is 42.6 Å². The molecule has 0 aliphatic rings. The number of pyridine rings is 1. The van der Waals surface area contributed by atoms with E-state index in [1.807, 2.05) is 95.7 Å². The molecule has 0 saturated carbocycles. The van der Waals surface area contributed by atoms with Gasteiger partial charge in [0.1, 0.15) is 11.6 Å². The van der Waals surface area contributed by atoms with Crippen molar-refractivity contribution >= 4 is 11.0 Å². The topological polar surface area (TPSA) is 50.9 Å². The number of fused-ring (bicyclic) bond motifs is 1. The first-order valence-electron chi connectivity index (χ1n) is 24.4. The first-order chi connectivity index (χ1) is 33.5. The summed E-state index contributed by atoms with van der Waals surface area (Å²) in [5.41, 5.74) is 15.6. The van der Waals surface area contributed by atoms with Gasteiger partial charge in [-0.25, -0.2) is 4.98 Å². The molecule has 0 fully saturated rings. The van der Waals surface area contributed by atoms with Crippen LogP contribution >= 0.6 is 0 Å². The van der Waals surface area contributed by atoms with Gasteiger partial charge in [0.15, 0.2) is 0 Å². The third-order valence-electron chi connectivity index (χ3n) is 12.7. The normalized spacial score (nSPS) is 12.5. The van der Waals surface area contributed by atoms with Crippen molar-refractivity contribution in [1.29, 1.82) is 0 Å². The third kappa shape index (κ3) is 9.02. The second-order valence-corrected chi connectivity index (χ2v) is 19.4. The number of phenols is 1. The van der Waals surface area contributed by atoms with E-state index >= 15 is 0 Å². The Labute approximate surface area is 419 Å². The minimum atomic E-state index is -2.48. The van der Waals surface area contributed by atoms with Crippen molar-refractivity contribution in [3.8, 4) is 89.7 Å². The fourth-order valence-electron chi connectivity index (χ4n) is 8.94. The molecule has 68 heavy (non-hydrogen) atoms. The van der Waals surface area contributed by atoms with Gasteiger partial charge in [0.2, 0.25) is 0 Å². The molecule has 0 spiro atoms. The fourth-order valence-corrected chi connectivity index (χ4v) is 8.94. The number of imidazole rings is 1. The first kappa shape index (κ1) is 42.2. The molecule has 0 bridgehead atoms. The van der Waals surface area contributed by atoms with Crippen LogP contribution in [-0.4, -0.2) is 19.6 Å². The van der Waals surface area contributed by atoms with E-state index in [2.05, 4.69) is 133 Å². The molecule has 0 amide bonds. The first-order valence-corrected chi connectivity index (χ1v) is 22.9. The Hall–Kier alpha value is -7.13. The van der Waals surface area contributed by atoms with Crippen LogP contribution in [0.15, 0.2) is 194 Å². The van der Waals surface area contributed by atoms with Crippen LogP contribution in [0.4, 0.5) is 0 Å². The second kappa shape index (κ2) is 18.5. The maximum absolute atomic E-state index is 11.6. The Kier molecular flexibility index (Phi) is 11.5.